The van der Waals surface area contributed by atoms with Gasteiger partial charge < -0.3 is 15.1 Å². The summed E-state index contributed by atoms with van der Waals surface area (Å²) >= 11 is 6.98. The lowest BCUT2D eigenvalue weighted by Gasteiger charge is -2.33. The molecular weight excluding hydrogens is 444 g/mol. The first-order chi connectivity index (χ1) is 14.3. The Labute approximate surface area is 189 Å². The number of likely N-dealkylation sites (N-methyl/N-ethyl adjacent to an activating group) is 1. The third kappa shape index (κ3) is 6.17. The van der Waals surface area contributed by atoms with Gasteiger partial charge in [-0.25, -0.2) is 8.42 Å². The molecule has 2 fully saturated rings. The van der Waals surface area contributed by atoms with E-state index in [9.17, 15) is 13.2 Å². The minimum atomic E-state index is -3.48. The van der Waals surface area contributed by atoms with Gasteiger partial charge in [-0.1, -0.05) is 18.5 Å². The molecule has 170 valence electrons. The highest BCUT2D eigenvalue weighted by Crippen LogP contribution is 2.32. The number of nitrogens with one attached hydrogen (secondary N) is 1. The number of piperidine rings is 1. The standard InChI is InChI=1S/C20H33ClN4O3S2/c1-16(20(26)22-8-3-9-24-14-12-23(2)13-15-24)17-6-10-25(11-7-17)30(27,28)19-5-4-18(21)29-19/h4-5,16-17H,3,6-15H2,1-2H3,(H,22,26)/t16-/m1/s1. The molecule has 0 radical (unpaired) electrons. The molecule has 0 aromatic carbocycles. The average molecular weight is 477 g/mol. The zero-order valence-corrected chi connectivity index (χ0v) is 20.2. The normalized spacial score (nSPS) is 21.6. The SMILES string of the molecule is C[C@@H](C(=O)NCCCN1CCN(C)CC1)C1CCN(S(=O)(=O)c2ccc(Cl)s2)CC1. The fourth-order valence-corrected chi connectivity index (χ4v) is 7.25. The van der Waals surface area contributed by atoms with Gasteiger partial charge in [0.15, 0.2) is 0 Å². The molecule has 0 aliphatic carbocycles. The quantitative estimate of drug-likeness (QED) is 0.582. The molecule has 0 unspecified atom stereocenters. The fourth-order valence-electron chi connectivity index (χ4n) is 4.14. The number of piperazine rings is 1. The van der Waals surface area contributed by atoms with Crippen LogP contribution in [0, 0.1) is 11.8 Å². The van der Waals surface area contributed by atoms with Gasteiger partial charge in [-0.2, -0.15) is 4.31 Å². The van der Waals surface area contributed by atoms with Crippen LogP contribution in [0.2, 0.25) is 4.34 Å². The molecule has 0 spiro atoms. The van der Waals surface area contributed by atoms with Crippen molar-refractivity contribution in [1.82, 2.24) is 19.4 Å². The number of thiophene rings is 1. The van der Waals surface area contributed by atoms with Crippen molar-refractivity contribution in [2.24, 2.45) is 11.8 Å². The van der Waals surface area contributed by atoms with E-state index < -0.39 is 10.0 Å². The second kappa shape index (κ2) is 10.7. The van der Waals surface area contributed by atoms with Crippen LogP contribution in [0.5, 0.6) is 0 Å². The molecule has 1 aromatic heterocycles. The van der Waals surface area contributed by atoms with Gasteiger partial charge in [0.1, 0.15) is 4.21 Å². The van der Waals surface area contributed by atoms with Gasteiger partial charge >= 0.3 is 0 Å². The smallest absolute Gasteiger partial charge is 0.252 e. The van der Waals surface area contributed by atoms with Crippen molar-refractivity contribution in [2.75, 3.05) is 59.4 Å². The lowest BCUT2D eigenvalue weighted by molar-refractivity contribution is -0.126. The Kier molecular flexibility index (Phi) is 8.57. The van der Waals surface area contributed by atoms with Gasteiger partial charge in [-0.05, 0) is 50.9 Å². The van der Waals surface area contributed by atoms with Gasteiger partial charge in [0.05, 0.1) is 4.34 Å². The molecule has 10 heteroatoms. The number of nitrogens with zero attached hydrogens (tertiary/aromatic N) is 3. The monoisotopic (exact) mass is 476 g/mol. The van der Waals surface area contributed by atoms with E-state index in [0.717, 1.165) is 50.5 Å². The van der Waals surface area contributed by atoms with Crippen LogP contribution in [0.25, 0.3) is 0 Å². The summed E-state index contributed by atoms with van der Waals surface area (Å²) in [7, 11) is -1.33. The van der Waals surface area contributed by atoms with Crippen LogP contribution >= 0.6 is 22.9 Å². The van der Waals surface area contributed by atoms with E-state index in [0.29, 0.717) is 36.8 Å². The summed E-state index contributed by atoms with van der Waals surface area (Å²) in [6, 6.07) is 3.18. The molecule has 2 saturated heterocycles. The maximum Gasteiger partial charge on any atom is 0.252 e. The summed E-state index contributed by atoms with van der Waals surface area (Å²) in [6.45, 7) is 8.98. The van der Waals surface area contributed by atoms with E-state index in [4.69, 9.17) is 11.6 Å². The number of halogens is 1. The number of carbonyl (C=O) groups is 1. The number of rotatable bonds is 8. The molecule has 1 aromatic rings. The van der Waals surface area contributed by atoms with E-state index in [1.807, 2.05) is 6.92 Å². The highest BCUT2D eigenvalue weighted by Gasteiger charge is 2.34. The van der Waals surface area contributed by atoms with Gasteiger partial charge in [0.2, 0.25) is 5.91 Å². The van der Waals surface area contributed by atoms with E-state index in [2.05, 4.69) is 22.2 Å². The van der Waals surface area contributed by atoms with Crippen molar-refractivity contribution in [3.8, 4) is 0 Å². The predicted molar refractivity (Wildman–Crippen MR) is 122 cm³/mol. The summed E-state index contributed by atoms with van der Waals surface area (Å²) < 4.78 is 27.7. The molecule has 1 N–H and O–H groups in total. The molecule has 0 saturated carbocycles. The maximum atomic E-state index is 12.7. The Bertz CT molecular complexity index is 801. The van der Waals surface area contributed by atoms with Crippen LogP contribution in [0.3, 0.4) is 0 Å². The van der Waals surface area contributed by atoms with E-state index >= 15 is 0 Å². The average Bonchev–Trinajstić information content (AvgIpc) is 3.19. The fraction of sp³-hybridized carbons (Fsp3) is 0.750. The van der Waals surface area contributed by atoms with E-state index in [1.54, 1.807) is 12.1 Å². The molecule has 1 atom stereocenters. The number of amides is 1. The van der Waals surface area contributed by atoms with Crippen molar-refractivity contribution in [3.63, 3.8) is 0 Å². The Hall–Kier alpha value is -0.710. The van der Waals surface area contributed by atoms with Crippen LogP contribution in [0.15, 0.2) is 16.3 Å². The molecule has 3 rings (SSSR count). The summed E-state index contributed by atoms with van der Waals surface area (Å²) in [5.74, 6) is 0.190. The predicted octanol–water partition coefficient (Wildman–Crippen LogP) is 2.19. The van der Waals surface area contributed by atoms with Crippen molar-refractivity contribution in [3.05, 3.63) is 16.5 Å². The van der Waals surface area contributed by atoms with Crippen LogP contribution in [0.4, 0.5) is 0 Å². The summed E-state index contributed by atoms with van der Waals surface area (Å²) in [6.07, 6.45) is 2.37. The number of hydrogen-bond donors (Lipinski definition) is 1. The van der Waals surface area contributed by atoms with E-state index in [1.165, 1.54) is 4.31 Å². The summed E-state index contributed by atoms with van der Waals surface area (Å²) in [4.78, 5) is 17.4. The Morgan fingerprint density at radius 1 is 1.20 bits per heavy atom. The number of sulfonamides is 1. The molecule has 2 aliphatic rings. The lowest BCUT2D eigenvalue weighted by Crippen LogP contribution is -2.45. The van der Waals surface area contributed by atoms with Crippen molar-refractivity contribution in [1.29, 1.82) is 0 Å². The van der Waals surface area contributed by atoms with Crippen LogP contribution < -0.4 is 5.32 Å². The van der Waals surface area contributed by atoms with Crippen molar-refractivity contribution in [2.45, 2.75) is 30.4 Å². The first-order valence-electron chi connectivity index (χ1n) is 10.7. The Morgan fingerprint density at radius 3 is 2.47 bits per heavy atom. The maximum absolute atomic E-state index is 12.7. The molecule has 2 aliphatic heterocycles. The lowest BCUT2D eigenvalue weighted by atomic mass is 9.85. The molecule has 3 heterocycles. The zero-order valence-electron chi connectivity index (χ0n) is 17.8. The van der Waals surface area contributed by atoms with Gasteiger partial charge in [-0.3, -0.25) is 4.79 Å². The summed E-state index contributed by atoms with van der Waals surface area (Å²) in [5, 5.41) is 3.08. The van der Waals surface area contributed by atoms with Crippen molar-refractivity contribution < 1.29 is 13.2 Å². The van der Waals surface area contributed by atoms with Crippen LogP contribution in [-0.2, 0) is 14.8 Å². The molecule has 7 nitrogen and oxygen atoms in total. The topological polar surface area (TPSA) is 73.0 Å². The molecule has 1 amide bonds. The van der Waals surface area contributed by atoms with Gasteiger partial charge in [0, 0.05) is 51.7 Å². The zero-order chi connectivity index (χ0) is 21.7. The Balaban J connectivity index is 1.38. The van der Waals surface area contributed by atoms with Gasteiger partial charge in [-0.15, -0.1) is 11.3 Å². The minimum Gasteiger partial charge on any atom is -0.356 e. The van der Waals surface area contributed by atoms with Crippen molar-refractivity contribution >= 4 is 38.9 Å². The minimum absolute atomic E-state index is 0.0831. The molecule has 0 bridgehead atoms. The highest BCUT2D eigenvalue weighted by molar-refractivity contribution is 7.91. The Morgan fingerprint density at radius 2 is 1.87 bits per heavy atom. The number of carbonyl (C=O) groups excluding carboxylic acids is 1. The molecular formula is C20H33ClN4O3S2. The second-order valence-corrected chi connectivity index (χ2v) is 12.3. The largest absolute Gasteiger partial charge is 0.356 e. The molecule has 30 heavy (non-hydrogen) atoms. The second-order valence-electron chi connectivity index (χ2n) is 8.38. The number of hydrogen-bond acceptors (Lipinski definition) is 6. The third-order valence-electron chi connectivity index (χ3n) is 6.31. The first kappa shape index (κ1) is 23.9. The van der Waals surface area contributed by atoms with Crippen LogP contribution in [-0.4, -0.2) is 87.8 Å². The first-order valence-corrected chi connectivity index (χ1v) is 13.3. The van der Waals surface area contributed by atoms with Crippen LogP contribution in [0.1, 0.15) is 26.2 Å². The highest BCUT2D eigenvalue weighted by atomic mass is 35.5. The third-order valence-corrected chi connectivity index (χ3v) is 9.91. The van der Waals surface area contributed by atoms with Gasteiger partial charge in [0.25, 0.3) is 10.0 Å². The summed E-state index contributed by atoms with van der Waals surface area (Å²) in [5.41, 5.74) is 0. The van der Waals surface area contributed by atoms with E-state index in [-0.39, 0.29) is 22.0 Å².